The lowest BCUT2D eigenvalue weighted by molar-refractivity contribution is 0.424. The second kappa shape index (κ2) is 1.70. The van der Waals surface area contributed by atoms with Gasteiger partial charge in [-0.2, -0.15) is 0 Å². The van der Waals surface area contributed by atoms with Gasteiger partial charge in [-0.3, -0.25) is 0 Å². The Labute approximate surface area is 56.1 Å². The van der Waals surface area contributed by atoms with Gasteiger partial charge in [-0.25, -0.2) is 0 Å². The van der Waals surface area contributed by atoms with Gasteiger partial charge in [-0.15, -0.1) is 5.10 Å². The fraction of sp³-hybridized carbons (Fsp3) is 0. The van der Waals surface area contributed by atoms with Gasteiger partial charge < -0.3 is 9.63 Å². The van der Waals surface area contributed by atoms with Gasteiger partial charge in [0, 0.05) is 5.27 Å². The Morgan fingerprint density at radius 1 is 1.40 bits per heavy atom. The van der Waals surface area contributed by atoms with E-state index < -0.39 is 0 Å². The van der Waals surface area contributed by atoms with E-state index in [1.54, 1.807) is 12.1 Å². The topological polar surface area (TPSA) is 59.2 Å². The van der Waals surface area contributed by atoms with Crippen LogP contribution < -0.4 is 0 Å². The Morgan fingerprint density at radius 2 is 2.30 bits per heavy atom. The van der Waals surface area contributed by atoms with Gasteiger partial charge >= 0.3 is 0 Å². The van der Waals surface area contributed by atoms with Crippen LogP contribution in [0.3, 0.4) is 0 Å². The maximum atomic E-state index is 9.10. The van der Waals surface area contributed by atoms with E-state index in [1.807, 2.05) is 0 Å². The molecule has 2 rings (SSSR count). The van der Waals surface area contributed by atoms with Crippen molar-refractivity contribution in [2.24, 2.45) is 0 Å². The molecule has 1 aromatic carbocycles. The molecule has 2 aromatic rings. The van der Waals surface area contributed by atoms with Gasteiger partial charge in [0.2, 0.25) is 0 Å². The van der Waals surface area contributed by atoms with E-state index in [4.69, 9.17) is 5.11 Å². The van der Waals surface area contributed by atoms with Gasteiger partial charge in [-0.05, 0) is 12.1 Å². The molecule has 4 nitrogen and oxygen atoms in total. The number of aromatic nitrogens is 2. The second-order valence-electron chi connectivity index (χ2n) is 1.90. The molecule has 50 valence electrons. The summed E-state index contributed by atoms with van der Waals surface area (Å²) < 4.78 is 4.68. The molecule has 0 radical (unpaired) electrons. The van der Waals surface area contributed by atoms with Crippen LogP contribution in [0, 0.1) is 0 Å². The lowest BCUT2D eigenvalue weighted by atomic mass is 10.3. The first-order chi connectivity index (χ1) is 4.88. The second-order valence-corrected chi connectivity index (χ2v) is 1.90. The van der Waals surface area contributed by atoms with Crippen LogP contribution in [0.25, 0.3) is 11.1 Å². The molecular weight excluding hydrogens is 132 g/mol. The first-order valence-electron chi connectivity index (χ1n) is 2.78. The molecule has 0 amide bonds. The Balaban J connectivity index is 2.95. The number of nitrogens with zero attached hydrogens (tertiary/aromatic N) is 2. The standard InChI is InChI=1S/C6H4N2O2/c9-4-2-1-3-5-6(4)7-8-10-5/h1-3,9H. The maximum Gasteiger partial charge on any atom is 0.191 e. The first kappa shape index (κ1) is 5.22. The number of aromatic hydroxyl groups is 1. The van der Waals surface area contributed by atoms with Crippen LogP contribution in [-0.4, -0.2) is 15.5 Å². The number of fused-ring (bicyclic) bond motifs is 1. The molecule has 0 fully saturated rings. The first-order valence-corrected chi connectivity index (χ1v) is 2.78. The highest BCUT2D eigenvalue weighted by atomic mass is 16.5. The molecule has 1 aromatic heterocycles. The summed E-state index contributed by atoms with van der Waals surface area (Å²) in [7, 11) is 0. The van der Waals surface area contributed by atoms with Crippen LogP contribution in [0.5, 0.6) is 5.75 Å². The number of hydrogen-bond acceptors (Lipinski definition) is 4. The summed E-state index contributed by atoms with van der Waals surface area (Å²) in [4.78, 5) is 0. The zero-order valence-electron chi connectivity index (χ0n) is 4.98. The number of hydrogen-bond donors (Lipinski definition) is 1. The quantitative estimate of drug-likeness (QED) is 0.585. The van der Waals surface area contributed by atoms with Gasteiger partial charge in [-0.1, -0.05) is 6.07 Å². The molecule has 10 heavy (non-hydrogen) atoms. The van der Waals surface area contributed by atoms with Crippen molar-refractivity contribution in [3.8, 4) is 5.75 Å². The normalized spacial score (nSPS) is 10.4. The van der Waals surface area contributed by atoms with Crippen LogP contribution in [0.1, 0.15) is 0 Å². The minimum Gasteiger partial charge on any atom is -0.505 e. The predicted octanol–water partition coefficient (Wildman–Crippen LogP) is 0.928. The van der Waals surface area contributed by atoms with Gasteiger partial charge in [0.15, 0.2) is 11.1 Å². The summed E-state index contributed by atoms with van der Waals surface area (Å²) >= 11 is 0. The predicted molar refractivity (Wildman–Crippen MR) is 33.5 cm³/mol. The Hall–Kier alpha value is -1.58. The highest BCUT2D eigenvalue weighted by Gasteiger charge is 2.02. The van der Waals surface area contributed by atoms with E-state index in [-0.39, 0.29) is 5.75 Å². The average Bonchev–Trinajstić information content (AvgIpc) is 2.36. The molecule has 0 saturated carbocycles. The minimum atomic E-state index is 0.0961. The largest absolute Gasteiger partial charge is 0.505 e. The van der Waals surface area contributed by atoms with Crippen molar-refractivity contribution in [1.82, 2.24) is 10.4 Å². The number of phenols is 1. The van der Waals surface area contributed by atoms with E-state index in [9.17, 15) is 0 Å². The Kier molecular flexibility index (Phi) is 0.887. The molecular formula is C6H4N2O2. The van der Waals surface area contributed by atoms with Crippen molar-refractivity contribution in [2.45, 2.75) is 0 Å². The minimum absolute atomic E-state index is 0.0961. The van der Waals surface area contributed by atoms with Crippen molar-refractivity contribution in [2.75, 3.05) is 0 Å². The lowest BCUT2D eigenvalue weighted by Gasteiger charge is -1.86. The van der Waals surface area contributed by atoms with Crippen molar-refractivity contribution in [3.63, 3.8) is 0 Å². The third-order valence-corrected chi connectivity index (χ3v) is 1.26. The fourth-order valence-electron chi connectivity index (χ4n) is 0.790. The molecule has 0 aliphatic heterocycles. The zero-order chi connectivity index (χ0) is 6.97. The highest BCUT2D eigenvalue weighted by molar-refractivity contribution is 5.77. The third kappa shape index (κ3) is 0.556. The molecule has 0 spiro atoms. The van der Waals surface area contributed by atoms with E-state index in [1.165, 1.54) is 6.07 Å². The molecule has 0 unspecified atom stereocenters. The third-order valence-electron chi connectivity index (χ3n) is 1.26. The van der Waals surface area contributed by atoms with Crippen LogP contribution in [0.2, 0.25) is 0 Å². The Bertz CT molecular complexity index is 355. The van der Waals surface area contributed by atoms with E-state index in [0.29, 0.717) is 11.1 Å². The van der Waals surface area contributed by atoms with E-state index in [0.717, 1.165) is 0 Å². The lowest BCUT2D eigenvalue weighted by Crippen LogP contribution is -1.68. The van der Waals surface area contributed by atoms with E-state index in [2.05, 4.69) is 14.9 Å². The fourth-order valence-corrected chi connectivity index (χ4v) is 0.790. The Morgan fingerprint density at radius 3 is 3.10 bits per heavy atom. The molecule has 0 aliphatic carbocycles. The maximum absolute atomic E-state index is 9.10. The average molecular weight is 136 g/mol. The molecule has 1 heterocycles. The molecule has 4 heteroatoms. The molecule has 0 bridgehead atoms. The monoisotopic (exact) mass is 136 g/mol. The molecule has 0 atom stereocenters. The van der Waals surface area contributed by atoms with Gasteiger partial charge in [0.05, 0.1) is 0 Å². The number of rotatable bonds is 0. The van der Waals surface area contributed by atoms with Gasteiger partial charge in [0.25, 0.3) is 0 Å². The summed E-state index contributed by atoms with van der Waals surface area (Å²) in [5, 5.41) is 15.9. The summed E-state index contributed by atoms with van der Waals surface area (Å²) in [6, 6.07) is 4.89. The van der Waals surface area contributed by atoms with Crippen LogP contribution in [-0.2, 0) is 0 Å². The highest BCUT2D eigenvalue weighted by Crippen LogP contribution is 2.20. The molecule has 0 aliphatic rings. The van der Waals surface area contributed by atoms with Gasteiger partial charge in [0.1, 0.15) is 5.75 Å². The summed E-state index contributed by atoms with van der Waals surface area (Å²) in [6.07, 6.45) is 0. The van der Waals surface area contributed by atoms with E-state index >= 15 is 0 Å². The smallest absolute Gasteiger partial charge is 0.191 e. The van der Waals surface area contributed by atoms with Crippen LogP contribution >= 0.6 is 0 Å². The summed E-state index contributed by atoms with van der Waals surface area (Å²) in [5.41, 5.74) is 0.905. The van der Waals surface area contributed by atoms with Crippen LogP contribution in [0.15, 0.2) is 22.7 Å². The SMILES string of the molecule is Oc1cccc2onnc12. The van der Waals surface area contributed by atoms with Crippen molar-refractivity contribution in [1.29, 1.82) is 0 Å². The molecule has 0 saturated heterocycles. The van der Waals surface area contributed by atoms with Crippen LogP contribution in [0.4, 0.5) is 0 Å². The number of phenolic OH excluding ortho intramolecular Hbond substituents is 1. The van der Waals surface area contributed by atoms with Crippen molar-refractivity contribution < 1.29 is 9.63 Å². The van der Waals surface area contributed by atoms with Crippen molar-refractivity contribution >= 4 is 11.1 Å². The summed E-state index contributed by atoms with van der Waals surface area (Å²) in [6.45, 7) is 0. The summed E-state index contributed by atoms with van der Waals surface area (Å²) in [5.74, 6) is 0.0961. The molecule has 1 N–H and O–H groups in total. The zero-order valence-corrected chi connectivity index (χ0v) is 4.98. The number of benzene rings is 1. The van der Waals surface area contributed by atoms with Crippen molar-refractivity contribution in [3.05, 3.63) is 18.2 Å².